The number of nitrogens with two attached hydrogens (primary N) is 2. The summed E-state index contributed by atoms with van der Waals surface area (Å²) in [7, 11) is -4.56. The molecule has 4 amide bonds. The van der Waals surface area contributed by atoms with Crippen LogP contribution in [0, 0.1) is 5.92 Å². The number of allylic oxidation sites excluding steroid dienone is 1. The number of carbonyl (C=O) groups is 4. The third kappa shape index (κ3) is 5.57. The Kier molecular flexibility index (Phi) is 7.08. The zero-order valence-corrected chi connectivity index (χ0v) is 18.4. The molecule has 0 bridgehead atoms. The first kappa shape index (κ1) is 24.0. The van der Waals surface area contributed by atoms with Crippen molar-refractivity contribution >= 4 is 34.0 Å². The summed E-state index contributed by atoms with van der Waals surface area (Å²) in [5, 5.41) is 7.84. The third-order valence-corrected chi connectivity index (χ3v) is 6.46. The molecule has 2 heterocycles. The number of fused-ring (bicyclic) bond motifs is 2. The van der Waals surface area contributed by atoms with Gasteiger partial charge in [0.15, 0.2) is 0 Å². The maximum Gasteiger partial charge on any atom is 0.406 e. The molecule has 2 aliphatic heterocycles. The summed E-state index contributed by atoms with van der Waals surface area (Å²) in [6.07, 6.45) is 6.37. The fourth-order valence-electron chi connectivity index (χ4n) is 4.31. The van der Waals surface area contributed by atoms with E-state index < -0.39 is 39.8 Å². The first-order valence-corrected chi connectivity index (χ1v) is 12.2. The van der Waals surface area contributed by atoms with Crippen LogP contribution < -0.4 is 20.9 Å². The summed E-state index contributed by atoms with van der Waals surface area (Å²) < 4.78 is 29.6. The van der Waals surface area contributed by atoms with Gasteiger partial charge in [0, 0.05) is 19.0 Å². The number of rotatable bonds is 3. The molecule has 0 aromatic rings. The molecule has 4 unspecified atom stereocenters. The Hall–Kier alpha value is -2.67. The van der Waals surface area contributed by atoms with Crippen molar-refractivity contribution in [2.75, 3.05) is 6.54 Å². The highest BCUT2D eigenvalue weighted by Crippen LogP contribution is 2.34. The van der Waals surface area contributed by atoms with E-state index >= 15 is 0 Å². The largest absolute Gasteiger partial charge is 0.423 e. The summed E-state index contributed by atoms with van der Waals surface area (Å²) >= 11 is 0. The molecule has 0 aromatic carbocycles. The van der Waals surface area contributed by atoms with E-state index in [0.29, 0.717) is 19.3 Å². The average Bonchev–Trinajstić information content (AvgIpc) is 3.22. The Morgan fingerprint density at radius 3 is 2.66 bits per heavy atom. The van der Waals surface area contributed by atoms with Crippen LogP contribution in [0.2, 0.25) is 0 Å². The molecule has 4 atom stereocenters. The zero-order valence-electron chi connectivity index (χ0n) is 17.6. The number of primary amides is 1. The SMILES string of the molecule is NC(=O)OC1(C(=O)NS(N)(=O)=O)CCCCC/C=C/C2CC2NC(=O)C2CCCN2C1=O. The maximum absolute atomic E-state index is 13.6. The van der Waals surface area contributed by atoms with E-state index in [0.717, 1.165) is 24.2 Å². The van der Waals surface area contributed by atoms with Crippen molar-refractivity contribution in [2.45, 2.75) is 69.1 Å². The fourth-order valence-corrected chi connectivity index (χ4v) is 4.74. The summed E-state index contributed by atoms with van der Waals surface area (Å²) in [6, 6.07) is -0.894. The summed E-state index contributed by atoms with van der Waals surface area (Å²) in [4.78, 5) is 52.3. The van der Waals surface area contributed by atoms with Crippen molar-refractivity contribution in [2.24, 2.45) is 16.8 Å². The van der Waals surface area contributed by atoms with Gasteiger partial charge in [-0.05, 0) is 44.4 Å². The molecule has 0 radical (unpaired) electrons. The summed E-state index contributed by atoms with van der Waals surface area (Å²) in [5.74, 6) is -2.52. The fraction of sp³-hybridized carbons (Fsp3) is 0.684. The van der Waals surface area contributed by atoms with Crippen molar-refractivity contribution in [3.8, 4) is 0 Å². The molecular formula is C19H29N5O7S. The highest BCUT2D eigenvalue weighted by atomic mass is 32.2. The first-order chi connectivity index (χ1) is 15.0. The Morgan fingerprint density at radius 1 is 1.22 bits per heavy atom. The number of amides is 4. The molecule has 0 aromatic heterocycles. The minimum Gasteiger partial charge on any atom is -0.423 e. The first-order valence-electron chi connectivity index (χ1n) is 10.6. The van der Waals surface area contributed by atoms with Gasteiger partial charge in [-0.1, -0.05) is 18.6 Å². The number of hydrogen-bond acceptors (Lipinski definition) is 7. The quantitative estimate of drug-likeness (QED) is 0.304. The van der Waals surface area contributed by atoms with Crippen molar-refractivity contribution in [3.63, 3.8) is 0 Å². The molecule has 1 saturated carbocycles. The van der Waals surface area contributed by atoms with Crippen LogP contribution in [-0.4, -0.2) is 61.4 Å². The molecule has 6 N–H and O–H groups in total. The van der Waals surface area contributed by atoms with Gasteiger partial charge in [-0.25, -0.2) is 14.7 Å². The minimum absolute atomic E-state index is 0.0151. The number of nitrogens with zero attached hydrogens (tertiary/aromatic N) is 1. The summed E-state index contributed by atoms with van der Waals surface area (Å²) in [6.45, 7) is 0.136. The van der Waals surface area contributed by atoms with E-state index in [2.05, 4.69) is 11.4 Å². The van der Waals surface area contributed by atoms with Crippen molar-refractivity contribution in [1.29, 1.82) is 0 Å². The minimum atomic E-state index is -4.56. The molecule has 1 saturated heterocycles. The molecule has 13 heteroatoms. The van der Waals surface area contributed by atoms with Gasteiger partial charge in [-0.3, -0.25) is 14.4 Å². The average molecular weight is 472 g/mol. The van der Waals surface area contributed by atoms with E-state index in [1.165, 1.54) is 4.72 Å². The Balaban J connectivity index is 1.97. The van der Waals surface area contributed by atoms with E-state index in [9.17, 15) is 27.6 Å². The Bertz CT molecular complexity index is 921. The summed E-state index contributed by atoms with van der Waals surface area (Å²) in [5.41, 5.74) is 2.61. The van der Waals surface area contributed by atoms with Gasteiger partial charge in [0.1, 0.15) is 6.04 Å². The lowest BCUT2D eigenvalue weighted by Gasteiger charge is -2.35. The van der Waals surface area contributed by atoms with Crippen LogP contribution in [-0.2, 0) is 29.3 Å². The van der Waals surface area contributed by atoms with Gasteiger partial charge in [0.25, 0.3) is 27.6 Å². The van der Waals surface area contributed by atoms with Crippen LogP contribution in [0.15, 0.2) is 12.2 Å². The molecule has 3 aliphatic rings. The second kappa shape index (κ2) is 9.45. The predicted molar refractivity (Wildman–Crippen MR) is 112 cm³/mol. The predicted octanol–water partition coefficient (Wildman–Crippen LogP) is -0.844. The number of ether oxygens (including phenoxy) is 1. The Morgan fingerprint density at radius 2 is 1.97 bits per heavy atom. The smallest absolute Gasteiger partial charge is 0.406 e. The zero-order chi connectivity index (χ0) is 23.5. The topological polar surface area (TPSA) is 191 Å². The lowest BCUT2D eigenvalue weighted by Crippen LogP contribution is -2.64. The lowest BCUT2D eigenvalue weighted by molar-refractivity contribution is -0.163. The van der Waals surface area contributed by atoms with E-state index in [1.807, 2.05) is 6.08 Å². The van der Waals surface area contributed by atoms with Gasteiger partial charge >= 0.3 is 6.09 Å². The highest BCUT2D eigenvalue weighted by Gasteiger charge is 2.55. The molecule has 32 heavy (non-hydrogen) atoms. The third-order valence-electron chi connectivity index (χ3n) is 5.99. The lowest BCUT2D eigenvalue weighted by atomic mass is 9.92. The van der Waals surface area contributed by atoms with Gasteiger partial charge in [0.2, 0.25) is 5.91 Å². The van der Waals surface area contributed by atoms with Crippen molar-refractivity contribution < 1.29 is 32.3 Å². The van der Waals surface area contributed by atoms with E-state index in [-0.39, 0.29) is 37.3 Å². The van der Waals surface area contributed by atoms with E-state index in [4.69, 9.17) is 15.6 Å². The number of nitrogens with one attached hydrogen (secondary N) is 2. The molecule has 12 nitrogen and oxygen atoms in total. The molecule has 2 fully saturated rings. The number of carbonyl (C=O) groups excluding carboxylic acids is 4. The van der Waals surface area contributed by atoms with Crippen LogP contribution in [0.5, 0.6) is 0 Å². The van der Waals surface area contributed by atoms with Gasteiger partial charge in [-0.2, -0.15) is 8.42 Å². The van der Waals surface area contributed by atoms with Gasteiger partial charge in [0.05, 0.1) is 0 Å². The Labute approximate surface area is 186 Å². The standard InChI is InChI=1S/C19H29N5O7S/c20-18(28)31-19(16(26)23-32(21,29)30)9-5-3-1-2-4-7-12-11-13(12)22-15(25)14-8-6-10-24(14)17(19)27/h4,7,12-14H,1-3,5-6,8-11H2,(H2,20,28)(H,22,25)(H,23,26)(H2,21,29,30)/b7-4+. The van der Waals surface area contributed by atoms with Crippen LogP contribution in [0.4, 0.5) is 4.79 Å². The maximum atomic E-state index is 13.6. The molecule has 1 aliphatic carbocycles. The van der Waals surface area contributed by atoms with Gasteiger partial charge in [-0.15, -0.1) is 0 Å². The van der Waals surface area contributed by atoms with Crippen molar-refractivity contribution in [1.82, 2.24) is 14.9 Å². The highest BCUT2D eigenvalue weighted by molar-refractivity contribution is 7.87. The van der Waals surface area contributed by atoms with Crippen LogP contribution >= 0.6 is 0 Å². The molecule has 178 valence electrons. The van der Waals surface area contributed by atoms with Crippen LogP contribution in [0.1, 0.15) is 51.4 Å². The number of hydrogen-bond donors (Lipinski definition) is 4. The van der Waals surface area contributed by atoms with Crippen LogP contribution in [0.25, 0.3) is 0 Å². The molecule has 0 spiro atoms. The normalized spacial score (nSPS) is 32.4. The monoisotopic (exact) mass is 471 g/mol. The second-order valence-corrected chi connectivity index (χ2v) is 9.72. The second-order valence-electron chi connectivity index (χ2n) is 8.42. The molecule has 3 rings (SSSR count). The molecular weight excluding hydrogens is 442 g/mol. The van der Waals surface area contributed by atoms with Crippen molar-refractivity contribution in [3.05, 3.63) is 12.2 Å². The van der Waals surface area contributed by atoms with Crippen LogP contribution in [0.3, 0.4) is 0 Å². The van der Waals surface area contributed by atoms with Gasteiger partial charge < -0.3 is 20.7 Å². The van der Waals surface area contributed by atoms with E-state index in [1.54, 1.807) is 0 Å².